The molecule has 1 fully saturated rings. The van der Waals surface area contributed by atoms with Crippen molar-refractivity contribution in [2.45, 2.75) is 76.3 Å². The van der Waals surface area contributed by atoms with Crippen molar-refractivity contribution < 1.29 is 74.0 Å². The van der Waals surface area contributed by atoms with Gasteiger partial charge in [0, 0.05) is 29.9 Å². The third-order valence-electron chi connectivity index (χ3n) is 9.28. The molecule has 18 nitrogen and oxygen atoms in total. The van der Waals surface area contributed by atoms with Crippen LogP contribution in [0.1, 0.15) is 57.0 Å². The molecule has 2 aromatic heterocycles. The van der Waals surface area contributed by atoms with E-state index < -0.39 is 75.5 Å². The van der Waals surface area contributed by atoms with Gasteiger partial charge in [-0.1, -0.05) is 11.2 Å². The number of Topliss-reactive ketones (excluding diaryl/α,β-unsaturated/α-hetero) is 1. The number of nitrogens with zero attached hydrogens (tertiary/aromatic N) is 4. The third kappa shape index (κ3) is 10.4. The van der Waals surface area contributed by atoms with Crippen molar-refractivity contribution in [3.8, 4) is 16.9 Å². The normalized spacial score (nSPS) is 18.9. The quantitative estimate of drug-likeness (QED) is 0.0453. The van der Waals surface area contributed by atoms with Gasteiger partial charge in [0.05, 0.1) is 11.5 Å². The Morgan fingerprint density at radius 2 is 1.82 bits per heavy atom. The zero-order valence-electron chi connectivity index (χ0n) is 30.8. The van der Waals surface area contributed by atoms with Crippen molar-refractivity contribution in [1.82, 2.24) is 10.0 Å². The first-order chi connectivity index (χ1) is 26.4. The number of rotatable bonds is 14. The number of carboxylic acids is 2. The van der Waals surface area contributed by atoms with E-state index in [1.165, 1.54) is 26.2 Å². The second kappa shape index (κ2) is 17.1. The van der Waals surface area contributed by atoms with Gasteiger partial charge in [0.1, 0.15) is 18.5 Å². The second-order valence-corrected chi connectivity index (χ2v) is 15.5. The van der Waals surface area contributed by atoms with E-state index in [-0.39, 0.29) is 17.2 Å². The van der Waals surface area contributed by atoms with Crippen molar-refractivity contribution in [3.63, 3.8) is 0 Å². The lowest BCUT2D eigenvalue weighted by atomic mass is 9.74. The minimum atomic E-state index is -5.25. The Hall–Kier alpha value is -5.23. The molecule has 0 radical (unpaired) electrons. The maximum atomic E-state index is 13.6. The van der Waals surface area contributed by atoms with Gasteiger partial charge in [0.2, 0.25) is 10.4 Å². The standard InChI is InChI=1S/C32H38N6O10S2.C2HF3O2/c1-31(2)22(28(40)38(31)48-50(43,44)45)15-24(39)27(23-17-49-30(34)35-23)36-47-32(3,29(41)42)26-12-9-19-14-18(8-11-25(19)46-26)20-7-10-21(6-5-13-33)37(4)16-20;3-2(4,5)1(6)7/h7-8,10-11,14,16-17,22,26H,5-6,9,12-13,15,33H2,1-4H3,(H3-,34,35,41,42,43,44,45);(H,6,7)/b36-27-;/t22-,26-,32+;/m1./s1. The second-order valence-electron chi connectivity index (χ2n) is 13.6. The van der Waals surface area contributed by atoms with E-state index in [1.807, 2.05) is 31.4 Å². The molecule has 6 N–H and O–H groups in total. The van der Waals surface area contributed by atoms with Crippen LogP contribution in [-0.4, -0.2) is 92.5 Å². The van der Waals surface area contributed by atoms with Crippen LogP contribution in [0.2, 0.25) is 0 Å². The molecule has 3 aromatic rings. The third-order valence-corrected chi connectivity index (χ3v) is 10.3. The van der Waals surface area contributed by atoms with Crippen LogP contribution >= 0.6 is 11.3 Å². The number of aromatic nitrogens is 2. The number of amides is 1. The fourth-order valence-electron chi connectivity index (χ4n) is 5.97. The zero-order chi connectivity index (χ0) is 42.7. The van der Waals surface area contributed by atoms with Crippen LogP contribution in [0.15, 0.2) is 47.1 Å². The number of oxime groups is 1. The molecule has 1 amide bonds. The number of nitrogens with two attached hydrogens (primary N) is 2. The Morgan fingerprint density at radius 1 is 1.18 bits per heavy atom. The number of hydrogen-bond donors (Lipinski definition) is 4. The fourth-order valence-corrected chi connectivity index (χ4v) is 6.96. The van der Waals surface area contributed by atoms with Gasteiger partial charge in [0.25, 0.3) is 11.5 Å². The minimum Gasteiger partial charge on any atom is -0.724 e. The highest BCUT2D eigenvalue weighted by molar-refractivity contribution is 7.80. The van der Waals surface area contributed by atoms with Crippen LogP contribution in [0.3, 0.4) is 0 Å². The summed E-state index contributed by atoms with van der Waals surface area (Å²) >= 11 is 0.994. The van der Waals surface area contributed by atoms with E-state index in [9.17, 15) is 45.6 Å². The first-order valence-corrected chi connectivity index (χ1v) is 19.1. The predicted octanol–water partition coefficient (Wildman–Crippen LogP) is 2.29. The summed E-state index contributed by atoms with van der Waals surface area (Å²) in [7, 11) is -3.26. The first kappa shape index (κ1) is 44.5. The molecular weight excluding hydrogens is 806 g/mol. The molecule has 4 heterocycles. The number of hydroxylamine groups is 2. The highest BCUT2D eigenvalue weighted by Gasteiger charge is 2.57. The molecule has 0 bridgehead atoms. The molecule has 1 aromatic carbocycles. The van der Waals surface area contributed by atoms with Crippen LogP contribution < -0.4 is 20.8 Å². The molecule has 0 spiro atoms. The minimum absolute atomic E-state index is 0.0201. The van der Waals surface area contributed by atoms with E-state index in [2.05, 4.69) is 25.1 Å². The van der Waals surface area contributed by atoms with Crippen LogP contribution in [-0.2, 0) is 58.6 Å². The molecule has 57 heavy (non-hydrogen) atoms. The average Bonchev–Trinajstić information content (AvgIpc) is 3.56. The van der Waals surface area contributed by atoms with Gasteiger partial charge in [-0.05, 0) is 75.9 Å². The highest BCUT2D eigenvalue weighted by atomic mass is 32.3. The number of aliphatic carboxylic acids is 2. The number of aryl methyl sites for hydroxylation is 3. The van der Waals surface area contributed by atoms with E-state index in [1.54, 1.807) is 6.07 Å². The first-order valence-electron chi connectivity index (χ1n) is 16.9. The van der Waals surface area contributed by atoms with Gasteiger partial charge in [-0.2, -0.15) is 22.5 Å². The van der Waals surface area contributed by atoms with Crippen molar-refractivity contribution in [2.24, 2.45) is 23.9 Å². The number of carboxylic acid groups (broad SMARTS) is 2. The molecule has 0 unspecified atom stereocenters. The van der Waals surface area contributed by atoms with Crippen molar-refractivity contribution >= 4 is 56.2 Å². The fraction of sp³-hybridized carbons (Fsp3) is 0.441. The van der Waals surface area contributed by atoms with Crippen molar-refractivity contribution in [1.29, 1.82) is 0 Å². The SMILES string of the molecule is C[n+]1cc(-c2ccc3c(c2)CC[C@H]([C@](C)(O/N=C(\C(=O)C[C@@H]2C(=O)N(OS(=O)(=O)[O-])C2(C)C)c2csc(N)n2)C(=O)O)O3)ccc1CCCN.O=C(O)C(F)(F)F. The smallest absolute Gasteiger partial charge is 0.490 e. The lowest BCUT2D eigenvalue weighted by molar-refractivity contribution is -0.678. The van der Waals surface area contributed by atoms with Crippen LogP contribution in [0, 0.1) is 5.92 Å². The summed E-state index contributed by atoms with van der Waals surface area (Å²) in [5, 5.41) is 23.3. The molecule has 1 saturated heterocycles. The number of halogens is 3. The molecule has 0 saturated carbocycles. The van der Waals surface area contributed by atoms with Crippen LogP contribution in [0.4, 0.5) is 18.3 Å². The number of carbonyl (C=O) groups is 4. The molecule has 5 rings (SSSR count). The topological polar surface area (TPSA) is 278 Å². The number of pyridine rings is 1. The zero-order valence-corrected chi connectivity index (χ0v) is 32.4. The Bertz CT molecular complexity index is 2180. The molecule has 23 heteroatoms. The van der Waals surface area contributed by atoms with Gasteiger partial charge in [-0.15, -0.1) is 11.3 Å². The number of alkyl halides is 3. The highest BCUT2D eigenvalue weighted by Crippen LogP contribution is 2.41. The molecule has 2 aliphatic heterocycles. The number of carbonyl (C=O) groups excluding carboxylic acids is 2. The molecule has 310 valence electrons. The van der Waals surface area contributed by atoms with Crippen LogP contribution in [0.5, 0.6) is 5.75 Å². The summed E-state index contributed by atoms with van der Waals surface area (Å²) < 4.78 is 77.5. The predicted molar refractivity (Wildman–Crippen MR) is 192 cm³/mol. The maximum absolute atomic E-state index is 13.6. The summed E-state index contributed by atoms with van der Waals surface area (Å²) in [5.74, 6) is -6.48. The maximum Gasteiger partial charge on any atom is 0.490 e. The lowest BCUT2D eigenvalue weighted by Crippen LogP contribution is -2.68. The number of hydrogen-bond acceptors (Lipinski definition) is 15. The number of β-lactam (4-membered cyclic amide) rings is 1. The van der Waals surface area contributed by atoms with Gasteiger partial charge in [-0.25, -0.2) is 27.6 Å². The van der Waals surface area contributed by atoms with E-state index in [4.69, 9.17) is 30.9 Å². The van der Waals surface area contributed by atoms with Gasteiger partial charge >= 0.3 is 18.1 Å². The van der Waals surface area contributed by atoms with E-state index >= 15 is 0 Å². The average molecular weight is 845 g/mol. The molecule has 2 aliphatic rings. The Labute approximate surface area is 327 Å². The Morgan fingerprint density at radius 3 is 2.35 bits per heavy atom. The van der Waals surface area contributed by atoms with Crippen molar-refractivity contribution in [2.75, 3.05) is 12.3 Å². The summed E-state index contributed by atoms with van der Waals surface area (Å²) in [4.78, 5) is 57.6. The van der Waals surface area contributed by atoms with Gasteiger partial charge in [0.15, 0.2) is 34.6 Å². The number of ketones is 1. The summed E-state index contributed by atoms with van der Waals surface area (Å²) in [6, 6.07) is 9.79. The molecule has 0 aliphatic carbocycles. The molecule has 3 atom stereocenters. The Balaban J connectivity index is 0.000000940. The summed E-state index contributed by atoms with van der Waals surface area (Å²) in [5.41, 5.74) is 11.6. The number of anilines is 1. The largest absolute Gasteiger partial charge is 0.724 e. The van der Waals surface area contributed by atoms with E-state index in [0.29, 0.717) is 23.8 Å². The van der Waals surface area contributed by atoms with Gasteiger partial charge in [-0.3, -0.25) is 9.59 Å². The Kier molecular flexibility index (Phi) is 13.3. The van der Waals surface area contributed by atoms with Crippen molar-refractivity contribution in [3.05, 3.63) is 58.9 Å². The van der Waals surface area contributed by atoms with E-state index in [0.717, 1.165) is 46.6 Å². The number of ether oxygens (including phenoxy) is 1. The van der Waals surface area contributed by atoms with Gasteiger partial charge < -0.3 is 35.8 Å². The number of fused-ring (bicyclic) bond motifs is 1. The summed E-state index contributed by atoms with van der Waals surface area (Å²) in [6.45, 7) is 4.72. The number of nitrogen functional groups attached to an aromatic ring is 1. The summed E-state index contributed by atoms with van der Waals surface area (Å²) in [6.07, 6.45) is -2.10. The van der Waals surface area contributed by atoms with Crippen LogP contribution in [0.25, 0.3) is 11.1 Å². The molecular formula is C34H39F3N6O12S2. The monoisotopic (exact) mass is 844 g/mol. The lowest BCUT2D eigenvalue weighted by Gasteiger charge is -2.51. The number of thiazole rings is 1. The number of benzene rings is 1.